The molecule has 7 heteroatoms. The van der Waals surface area contributed by atoms with Crippen LogP contribution in [0.2, 0.25) is 0 Å². The number of anilines is 1. The fourth-order valence-corrected chi connectivity index (χ4v) is 4.31. The van der Waals surface area contributed by atoms with Crippen molar-refractivity contribution in [3.05, 3.63) is 54.9 Å². The Morgan fingerprint density at radius 1 is 1.19 bits per heavy atom. The summed E-state index contributed by atoms with van der Waals surface area (Å²) >= 11 is 10.2. The predicted octanol–water partition coefficient (Wildman–Crippen LogP) is 4.83. The maximum Gasteiger partial charge on any atom is 0.338 e. The number of carboxylic acid groups (broad SMARTS) is 1. The monoisotopic (exact) mass is 477 g/mol. The van der Waals surface area contributed by atoms with Crippen molar-refractivity contribution in [1.29, 1.82) is 0 Å². The predicted molar refractivity (Wildman–Crippen MR) is 91.7 cm³/mol. The minimum absolute atomic E-state index is 0.0712. The molecule has 2 rings (SSSR count). The van der Waals surface area contributed by atoms with Gasteiger partial charge in [-0.2, -0.15) is 0 Å². The van der Waals surface area contributed by atoms with Crippen LogP contribution in [0.4, 0.5) is 5.69 Å². The molecular formula is C14H10Br3NO3. The SMILES string of the molecule is Nc1cccc(COc2c(Br)cc(Br)cc2Br)c1C(=O)O. The summed E-state index contributed by atoms with van der Waals surface area (Å²) in [5.74, 6) is -0.474. The first-order valence-corrected chi connectivity index (χ1v) is 8.16. The number of benzene rings is 2. The lowest BCUT2D eigenvalue weighted by Gasteiger charge is -2.13. The Morgan fingerprint density at radius 2 is 1.81 bits per heavy atom. The number of rotatable bonds is 4. The molecule has 0 atom stereocenters. The zero-order valence-electron chi connectivity index (χ0n) is 10.6. The van der Waals surface area contributed by atoms with Crippen LogP contribution in [0.1, 0.15) is 15.9 Å². The van der Waals surface area contributed by atoms with Crippen molar-refractivity contribution >= 4 is 59.4 Å². The van der Waals surface area contributed by atoms with Crippen molar-refractivity contribution in [2.24, 2.45) is 0 Å². The quantitative estimate of drug-likeness (QED) is 0.616. The molecule has 0 bridgehead atoms. The maximum absolute atomic E-state index is 11.3. The zero-order chi connectivity index (χ0) is 15.6. The topological polar surface area (TPSA) is 72.5 Å². The second-order valence-electron chi connectivity index (χ2n) is 4.17. The van der Waals surface area contributed by atoms with E-state index in [0.717, 1.165) is 13.4 Å². The van der Waals surface area contributed by atoms with Gasteiger partial charge in [-0.3, -0.25) is 0 Å². The molecule has 0 spiro atoms. The minimum Gasteiger partial charge on any atom is -0.487 e. The first-order chi connectivity index (χ1) is 9.90. The Balaban J connectivity index is 2.29. The average Bonchev–Trinajstić information content (AvgIpc) is 2.36. The molecule has 0 saturated heterocycles. The van der Waals surface area contributed by atoms with Gasteiger partial charge in [-0.1, -0.05) is 28.1 Å². The molecule has 110 valence electrons. The Hall–Kier alpha value is -1.05. The number of ether oxygens (including phenoxy) is 1. The van der Waals surface area contributed by atoms with E-state index >= 15 is 0 Å². The number of carbonyl (C=O) groups is 1. The molecule has 21 heavy (non-hydrogen) atoms. The number of hydrogen-bond donors (Lipinski definition) is 2. The number of nitrogen functional groups attached to an aromatic ring is 1. The van der Waals surface area contributed by atoms with E-state index in [1.54, 1.807) is 18.2 Å². The number of nitrogens with two attached hydrogens (primary N) is 1. The van der Waals surface area contributed by atoms with Crippen molar-refractivity contribution in [3.8, 4) is 5.75 Å². The van der Waals surface area contributed by atoms with Crippen LogP contribution in [-0.4, -0.2) is 11.1 Å². The summed E-state index contributed by atoms with van der Waals surface area (Å²) in [5, 5.41) is 9.23. The van der Waals surface area contributed by atoms with E-state index in [4.69, 9.17) is 10.5 Å². The van der Waals surface area contributed by atoms with E-state index in [2.05, 4.69) is 47.8 Å². The Bertz CT molecular complexity index is 681. The molecule has 0 aromatic heterocycles. The van der Waals surface area contributed by atoms with Gasteiger partial charge < -0.3 is 15.6 Å². The van der Waals surface area contributed by atoms with Gasteiger partial charge in [-0.15, -0.1) is 0 Å². The van der Waals surface area contributed by atoms with Crippen LogP contribution in [0, 0.1) is 0 Å². The van der Waals surface area contributed by atoms with Crippen molar-refractivity contribution in [3.63, 3.8) is 0 Å². The van der Waals surface area contributed by atoms with Crippen LogP contribution in [0.5, 0.6) is 5.75 Å². The maximum atomic E-state index is 11.3. The van der Waals surface area contributed by atoms with Gasteiger partial charge >= 0.3 is 5.97 Å². The molecule has 0 heterocycles. The lowest BCUT2D eigenvalue weighted by molar-refractivity contribution is 0.0695. The number of halogens is 3. The van der Waals surface area contributed by atoms with Crippen LogP contribution in [0.25, 0.3) is 0 Å². The van der Waals surface area contributed by atoms with Crippen molar-refractivity contribution in [1.82, 2.24) is 0 Å². The highest BCUT2D eigenvalue weighted by Crippen LogP contribution is 2.37. The third-order valence-corrected chi connectivity index (χ3v) is 4.37. The van der Waals surface area contributed by atoms with Crippen LogP contribution in [0.3, 0.4) is 0 Å². The Kier molecular flexibility index (Phi) is 5.29. The molecule has 0 amide bonds. The van der Waals surface area contributed by atoms with Crippen LogP contribution >= 0.6 is 47.8 Å². The summed E-state index contributed by atoms with van der Waals surface area (Å²) in [4.78, 5) is 11.3. The largest absolute Gasteiger partial charge is 0.487 e. The molecule has 4 nitrogen and oxygen atoms in total. The van der Waals surface area contributed by atoms with Crippen molar-refractivity contribution < 1.29 is 14.6 Å². The van der Waals surface area contributed by atoms with Crippen LogP contribution < -0.4 is 10.5 Å². The van der Waals surface area contributed by atoms with E-state index < -0.39 is 5.97 Å². The molecule has 2 aromatic carbocycles. The van der Waals surface area contributed by atoms with E-state index in [1.165, 1.54) is 0 Å². The van der Waals surface area contributed by atoms with Gasteiger partial charge in [0.25, 0.3) is 0 Å². The highest BCUT2D eigenvalue weighted by atomic mass is 79.9. The smallest absolute Gasteiger partial charge is 0.338 e. The first-order valence-electron chi connectivity index (χ1n) is 5.78. The van der Waals surface area contributed by atoms with Crippen molar-refractivity contribution in [2.45, 2.75) is 6.61 Å². The highest BCUT2D eigenvalue weighted by Gasteiger charge is 2.15. The second-order valence-corrected chi connectivity index (χ2v) is 6.80. The minimum atomic E-state index is -1.07. The Morgan fingerprint density at radius 3 is 2.38 bits per heavy atom. The molecular weight excluding hydrogens is 470 g/mol. The van der Waals surface area contributed by atoms with Gasteiger partial charge in [-0.05, 0) is 50.1 Å². The van der Waals surface area contributed by atoms with E-state index in [-0.39, 0.29) is 17.9 Å². The van der Waals surface area contributed by atoms with Gasteiger partial charge in [0.15, 0.2) is 0 Å². The molecule has 0 fully saturated rings. The third-order valence-electron chi connectivity index (χ3n) is 2.73. The van der Waals surface area contributed by atoms with Gasteiger partial charge in [-0.25, -0.2) is 4.79 Å². The molecule has 0 aliphatic carbocycles. The summed E-state index contributed by atoms with van der Waals surface area (Å²) in [5.41, 5.74) is 6.52. The number of carboxylic acids is 1. The number of aromatic carboxylic acids is 1. The van der Waals surface area contributed by atoms with Crippen LogP contribution in [0.15, 0.2) is 43.7 Å². The van der Waals surface area contributed by atoms with E-state index in [0.29, 0.717) is 11.3 Å². The third kappa shape index (κ3) is 3.78. The van der Waals surface area contributed by atoms with Crippen LogP contribution in [-0.2, 0) is 6.61 Å². The summed E-state index contributed by atoms with van der Waals surface area (Å²) in [6.07, 6.45) is 0. The zero-order valence-corrected chi connectivity index (χ0v) is 15.3. The van der Waals surface area contributed by atoms with Crippen molar-refractivity contribution in [2.75, 3.05) is 5.73 Å². The molecule has 3 N–H and O–H groups in total. The summed E-state index contributed by atoms with van der Waals surface area (Å²) in [6, 6.07) is 8.63. The van der Waals surface area contributed by atoms with Gasteiger partial charge in [0.05, 0.1) is 14.5 Å². The average molecular weight is 480 g/mol. The summed E-state index contributed by atoms with van der Waals surface area (Å²) < 4.78 is 8.12. The van der Waals surface area contributed by atoms with E-state index in [1.807, 2.05) is 12.1 Å². The first kappa shape index (κ1) is 16.3. The fourth-order valence-electron chi connectivity index (χ4n) is 1.82. The molecule has 0 unspecified atom stereocenters. The Labute approximate surface area is 146 Å². The van der Waals surface area contributed by atoms with Gasteiger partial charge in [0, 0.05) is 15.7 Å². The molecule has 0 saturated carbocycles. The molecule has 2 aromatic rings. The van der Waals surface area contributed by atoms with E-state index in [9.17, 15) is 9.90 Å². The van der Waals surface area contributed by atoms with Gasteiger partial charge in [0.1, 0.15) is 12.4 Å². The molecule has 0 aliphatic heterocycles. The molecule has 0 aliphatic rings. The standard InChI is InChI=1S/C14H10Br3NO3/c15-8-4-9(16)13(10(17)5-8)21-6-7-2-1-3-11(18)12(7)14(19)20/h1-5H,6,18H2,(H,19,20). The highest BCUT2D eigenvalue weighted by molar-refractivity contribution is 9.11. The molecule has 0 radical (unpaired) electrons. The lowest BCUT2D eigenvalue weighted by atomic mass is 10.1. The second kappa shape index (κ2) is 6.81. The summed E-state index contributed by atoms with van der Waals surface area (Å²) in [7, 11) is 0. The lowest BCUT2D eigenvalue weighted by Crippen LogP contribution is -2.09. The summed E-state index contributed by atoms with van der Waals surface area (Å²) in [6.45, 7) is 0.103. The number of hydrogen-bond acceptors (Lipinski definition) is 3. The normalized spacial score (nSPS) is 10.4. The van der Waals surface area contributed by atoms with Gasteiger partial charge in [0.2, 0.25) is 0 Å². The fraction of sp³-hybridized carbons (Fsp3) is 0.0714.